The van der Waals surface area contributed by atoms with E-state index < -0.39 is 0 Å². The minimum absolute atomic E-state index is 0.0263. The Morgan fingerprint density at radius 2 is 2.20 bits per heavy atom. The zero-order valence-electron chi connectivity index (χ0n) is 11.7. The molecule has 0 atom stereocenters. The van der Waals surface area contributed by atoms with Gasteiger partial charge in [-0.25, -0.2) is 0 Å². The number of carbonyl (C=O) groups excluding carboxylic acids is 1. The van der Waals surface area contributed by atoms with Crippen molar-refractivity contribution in [2.45, 2.75) is 19.8 Å². The fraction of sp³-hybridized carbons (Fsp3) is 0.467. The minimum Gasteiger partial charge on any atom is -0.397 e. The van der Waals surface area contributed by atoms with Crippen molar-refractivity contribution in [3.05, 3.63) is 23.8 Å². The van der Waals surface area contributed by atoms with Gasteiger partial charge in [-0.3, -0.25) is 4.79 Å². The molecular weight excluding hydrogens is 252 g/mol. The number of carbonyl (C=O) groups is 1. The number of nitrogens with two attached hydrogens (primary N) is 1. The lowest BCUT2D eigenvalue weighted by Gasteiger charge is -2.34. The van der Waals surface area contributed by atoms with Gasteiger partial charge in [-0.05, 0) is 37.0 Å². The van der Waals surface area contributed by atoms with Crippen molar-refractivity contribution in [1.82, 2.24) is 5.32 Å². The fourth-order valence-corrected chi connectivity index (χ4v) is 2.55. The van der Waals surface area contributed by atoms with Gasteiger partial charge in [0.25, 0.3) is 0 Å². The van der Waals surface area contributed by atoms with Crippen molar-refractivity contribution in [3.8, 4) is 6.07 Å². The summed E-state index contributed by atoms with van der Waals surface area (Å²) in [4.78, 5) is 13.1. The van der Waals surface area contributed by atoms with Crippen LogP contribution in [0.25, 0.3) is 0 Å². The third-order valence-electron chi connectivity index (χ3n) is 3.75. The van der Waals surface area contributed by atoms with Crippen LogP contribution in [-0.2, 0) is 4.79 Å². The number of nitrogens with zero attached hydrogens (tertiary/aromatic N) is 2. The van der Waals surface area contributed by atoms with Crippen LogP contribution in [0.3, 0.4) is 0 Å². The lowest BCUT2D eigenvalue weighted by atomic mass is 9.96. The molecule has 1 amide bonds. The molecule has 0 aromatic heterocycles. The van der Waals surface area contributed by atoms with Gasteiger partial charge in [0, 0.05) is 26.6 Å². The Kier molecular flexibility index (Phi) is 4.46. The van der Waals surface area contributed by atoms with Gasteiger partial charge < -0.3 is 16.0 Å². The number of anilines is 2. The molecule has 0 spiro atoms. The Balaban J connectivity index is 1.97. The second-order valence-electron chi connectivity index (χ2n) is 5.25. The van der Waals surface area contributed by atoms with E-state index in [9.17, 15) is 4.79 Å². The molecule has 0 radical (unpaired) electrons. The number of nitriles is 1. The molecule has 106 valence electrons. The summed E-state index contributed by atoms with van der Waals surface area (Å²) in [5.41, 5.74) is 8.29. The molecule has 1 aromatic carbocycles. The summed E-state index contributed by atoms with van der Waals surface area (Å²) in [5.74, 6) is 0.550. The van der Waals surface area contributed by atoms with Crippen molar-refractivity contribution in [3.63, 3.8) is 0 Å². The second kappa shape index (κ2) is 6.29. The first kappa shape index (κ1) is 14.2. The first-order chi connectivity index (χ1) is 9.60. The van der Waals surface area contributed by atoms with Crippen LogP contribution >= 0.6 is 0 Å². The molecule has 0 unspecified atom stereocenters. The smallest absolute Gasteiger partial charge is 0.216 e. The number of hydrogen-bond acceptors (Lipinski definition) is 4. The van der Waals surface area contributed by atoms with E-state index in [1.54, 1.807) is 19.1 Å². The van der Waals surface area contributed by atoms with E-state index in [1.807, 2.05) is 6.07 Å². The van der Waals surface area contributed by atoms with E-state index in [0.717, 1.165) is 38.2 Å². The molecule has 1 aliphatic rings. The highest BCUT2D eigenvalue weighted by Gasteiger charge is 2.21. The molecule has 1 fully saturated rings. The van der Waals surface area contributed by atoms with Crippen LogP contribution in [0.15, 0.2) is 18.2 Å². The number of piperidine rings is 1. The summed E-state index contributed by atoms with van der Waals surface area (Å²) in [5, 5.41) is 11.8. The zero-order valence-corrected chi connectivity index (χ0v) is 11.7. The molecule has 2 rings (SSSR count). The Morgan fingerprint density at radius 3 is 2.80 bits per heavy atom. The maximum atomic E-state index is 10.9. The standard InChI is InChI=1S/C15H20N4O/c1-11(20)18-10-12-4-6-19(7-5-12)15-8-13(9-16)2-3-14(15)17/h2-3,8,12H,4-7,10,17H2,1H3,(H,18,20). The van der Waals surface area contributed by atoms with Crippen molar-refractivity contribution in [2.75, 3.05) is 30.3 Å². The van der Waals surface area contributed by atoms with Crippen LogP contribution in [0, 0.1) is 17.2 Å². The number of hydrogen-bond donors (Lipinski definition) is 2. The second-order valence-corrected chi connectivity index (χ2v) is 5.25. The fourth-order valence-electron chi connectivity index (χ4n) is 2.55. The molecule has 1 aliphatic heterocycles. The van der Waals surface area contributed by atoms with E-state index in [2.05, 4.69) is 16.3 Å². The Morgan fingerprint density at radius 1 is 1.50 bits per heavy atom. The van der Waals surface area contributed by atoms with Crippen LogP contribution < -0.4 is 16.0 Å². The van der Waals surface area contributed by atoms with Crippen molar-refractivity contribution >= 4 is 17.3 Å². The van der Waals surface area contributed by atoms with Gasteiger partial charge in [0.2, 0.25) is 5.91 Å². The number of amides is 1. The first-order valence-electron chi connectivity index (χ1n) is 6.89. The largest absolute Gasteiger partial charge is 0.397 e. The van der Waals surface area contributed by atoms with E-state index in [4.69, 9.17) is 11.0 Å². The summed E-state index contributed by atoms with van der Waals surface area (Å²) < 4.78 is 0. The topological polar surface area (TPSA) is 82.2 Å². The predicted molar refractivity (Wildman–Crippen MR) is 79.2 cm³/mol. The molecule has 3 N–H and O–H groups in total. The van der Waals surface area contributed by atoms with Crippen molar-refractivity contribution < 1.29 is 4.79 Å². The SMILES string of the molecule is CC(=O)NCC1CCN(c2cc(C#N)ccc2N)CC1. The highest BCUT2D eigenvalue weighted by atomic mass is 16.1. The number of benzene rings is 1. The third kappa shape index (κ3) is 3.41. The van der Waals surface area contributed by atoms with Gasteiger partial charge in [-0.1, -0.05) is 0 Å². The highest BCUT2D eigenvalue weighted by molar-refractivity contribution is 5.72. The number of rotatable bonds is 3. The Labute approximate surface area is 119 Å². The molecule has 1 saturated heterocycles. The monoisotopic (exact) mass is 272 g/mol. The summed E-state index contributed by atoms with van der Waals surface area (Å²) in [6.45, 7) is 4.10. The zero-order chi connectivity index (χ0) is 14.5. The van der Waals surface area contributed by atoms with Gasteiger partial charge in [-0.2, -0.15) is 5.26 Å². The molecule has 0 saturated carbocycles. The predicted octanol–water partition coefficient (Wildman–Crippen LogP) is 1.49. The van der Waals surface area contributed by atoms with E-state index >= 15 is 0 Å². The van der Waals surface area contributed by atoms with Gasteiger partial charge in [0.15, 0.2) is 0 Å². The Hall–Kier alpha value is -2.22. The van der Waals surface area contributed by atoms with Crippen molar-refractivity contribution in [1.29, 1.82) is 5.26 Å². The van der Waals surface area contributed by atoms with E-state index in [0.29, 0.717) is 17.2 Å². The normalized spacial score (nSPS) is 15.7. The van der Waals surface area contributed by atoms with Crippen LogP contribution in [0.4, 0.5) is 11.4 Å². The van der Waals surface area contributed by atoms with Crippen LogP contribution in [0.2, 0.25) is 0 Å². The van der Waals surface area contributed by atoms with Crippen molar-refractivity contribution in [2.24, 2.45) is 5.92 Å². The Bertz CT molecular complexity index is 527. The molecule has 5 nitrogen and oxygen atoms in total. The minimum atomic E-state index is 0.0263. The lowest BCUT2D eigenvalue weighted by Crippen LogP contribution is -2.38. The summed E-state index contributed by atoms with van der Waals surface area (Å²) in [6.07, 6.45) is 2.05. The average Bonchev–Trinajstić information content (AvgIpc) is 2.46. The molecule has 1 heterocycles. The van der Waals surface area contributed by atoms with Gasteiger partial charge in [-0.15, -0.1) is 0 Å². The maximum absolute atomic E-state index is 10.9. The van der Waals surface area contributed by atoms with Crippen LogP contribution in [0.5, 0.6) is 0 Å². The van der Waals surface area contributed by atoms with Crippen LogP contribution in [-0.4, -0.2) is 25.5 Å². The first-order valence-corrected chi connectivity index (χ1v) is 6.89. The average molecular weight is 272 g/mol. The molecule has 1 aromatic rings. The number of nitrogens with one attached hydrogen (secondary N) is 1. The highest BCUT2D eigenvalue weighted by Crippen LogP contribution is 2.28. The molecular formula is C15H20N4O. The van der Waals surface area contributed by atoms with E-state index in [1.165, 1.54) is 0 Å². The van der Waals surface area contributed by atoms with Crippen LogP contribution in [0.1, 0.15) is 25.3 Å². The van der Waals surface area contributed by atoms with Gasteiger partial charge in [0.05, 0.1) is 23.0 Å². The molecule has 20 heavy (non-hydrogen) atoms. The third-order valence-corrected chi connectivity index (χ3v) is 3.75. The van der Waals surface area contributed by atoms with Gasteiger partial charge >= 0.3 is 0 Å². The van der Waals surface area contributed by atoms with Gasteiger partial charge in [0.1, 0.15) is 0 Å². The maximum Gasteiger partial charge on any atom is 0.216 e. The molecule has 5 heteroatoms. The molecule has 0 aliphatic carbocycles. The number of nitrogen functional groups attached to an aromatic ring is 1. The summed E-state index contributed by atoms with van der Waals surface area (Å²) >= 11 is 0. The quantitative estimate of drug-likeness (QED) is 0.817. The molecule has 0 bridgehead atoms. The van der Waals surface area contributed by atoms with E-state index in [-0.39, 0.29) is 5.91 Å². The summed E-state index contributed by atoms with van der Waals surface area (Å²) in [6, 6.07) is 7.52. The lowest BCUT2D eigenvalue weighted by molar-refractivity contribution is -0.119. The summed E-state index contributed by atoms with van der Waals surface area (Å²) in [7, 11) is 0.